The Morgan fingerprint density at radius 3 is 2.72 bits per heavy atom. The van der Waals surface area contributed by atoms with Crippen LogP contribution in [-0.4, -0.2) is 32.4 Å². The minimum Gasteiger partial charge on any atom is -0.392 e. The standard InChI is InChI=1S/C27H26ClFN4O3/c28-19-6-7-25-20(12-19)24(32-33(25)26-3-1-2-8-36-26)13-23-21(27(30)35)10-17(14-31-23)9-18-5-4-16(15-34)11-22(18)29/h4-7,10-12,14,26,34H,1-3,8-9,13,15H2,(H2,30,35). The first-order chi connectivity index (χ1) is 17.4. The summed E-state index contributed by atoms with van der Waals surface area (Å²) in [6.45, 7) is 0.453. The van der Waals surface area contributed by atoms with Crippen LogP contribution in [0, 0.1) is 5.82 Å². The molecule has 3 N–H and O–H groups in total. The van der Waals surface area contributed by atoms with E-state index in [9.17, 15) is 14.3 Å². The van der Waals surface area contributed by atoms with Crippen LogP contribution in [0.4, 0.5) is 4.39 Å². The van der Waals surface area contributed by atoms with Gasteiger partial charge >= 0.3 is 0 Å². The van der Waals surface area contributed by atoms with E-state index in [1.165, 1.54) is 6.07 Å². The van der Waals surface area contributed by atoms with Gasteiger partial charge in [0.1, 0.15) is 5.82 Å². The number of aliphatic hydroxyl groups excluding tert-OH is 1. The summed E-state index contributed by atoms with van der Waals surface area (Å²) >= 11 is 6.30. The summed E-state index contributed by atoms with van der Waals surface area (Å²) < 4.78 is 22.3. The van der Waals surface area contributed by atoms with Gasteiger partial charge in [-0.3, -0.25) is 9.78 Å². The molecule has 1 amide bonds. The first kappa shape index (κ1) is 24.4. The number of aromatic nitrogens is 3. The molecule has 0 radical (unpaired) electrons. The zero-order valence-electron chi connectivity index (χ0n) is 19.6. The van der Waals surface area contributed by atoms with Crippen LogP contribution in [-0.2, 0) is 24.2 Å². The van der Waals surface area contributed by atoms with Gasteiger partial charge in [-0.2, -0.15) is 5.10 Å². The molecule has 0 spiro atoms. The van der Waals surface area contributed by atoms with Gasteiger partial charge in [0.05, 0.1) is 29.1 Å². The lowest BCUT2D eigenvalue weighted by atomic mass is 10.00. The molecule has 5 rings (SSSR count). The lowest BCUT2D eigenvalue weighted by molar-refractivity contribution is -0.0368. The van der Waals surface area contributed by atoms with Crippen molar-refractivity contribution >= 4 is 28.4 Å². The molecule has 1 fully saturated rings. The van der Waals surface area contributed by atoms with E-state index in [1.807, 2.05) is 22.9 Å². The topological polar surface area (TPSA) is 103 Å². The van der Waals surface area contributed by atoms with E-state index in [0.29, 0.717) is 34.0 Å². The van der Waals surface area contributed by atoms with Crippen LogP contribution in [0.3, 0.4) is 0 Å². The molecule has 2 aromatic carbocycles. The minimum atomic E-state index is -0.618. The number of fused-ring (bicyclic) bond motifs is 1. The maximum absolute atomic E-state index is 14.4. The Morgan fingerprint density at radius 2 is 2.00 bits per heavy atom. The normalized spacial score (nSPS) is 15.9. The number of rotatable bonds is 7. The van der Waals surface area contributed by atoms with Crippen LogP contribution >= 0.6 is 11.6 Å². The molecule has 0 saturated carbocycles. The van der Waals surface area contributed by atoms with Crippen molar-refractivity contribution in [2.45, 2.75) is 44.9 Å². The van der Waals surface area contributed by atoms with Gasteiger partial charge in [-0.1, -0.05) is 23.7 Å². The Morgan fingerprint density at radius 1 is 1.14 bits per heavy atom. The van der Waals surface area contributed by atoms with Crippen molar-refractivity contribution in [3.63, 3.8) is 0 Å². The van der Waals surface area contributed by atoms with Crippen LogP contribution in [0.15, 0.2) is 48.7 Å². The van der Waals surface area contributed by atoms with Gasteiger partial charge in [0.25, 0.3) is 5.91 Å². The molecular formula is C27H26ClFN4O3. The van der Waals surface area contributed by atoms with Gasteiger partial charge < -0.3 is 15.6 Å². The molecule has 1 aliphatic heterocycles. The first-order valence-electron chi connectivity index (χ1n) is 11.9. The summed E-state index contributed by atoms with van der Waals surface area (Å²) in [5.74, 6) is -1.04. The Kier molecular flexibility index (Phi) is 7.00. The second kappa shape index (κ2) is 10.3. The van der Waals surface area contributed by atoms with E-state index in [4.69, 9.17) is 27.2 Å². The van der Waals surface area contributed by atoms with E-state index in [-0.39, 0.29) is 31.2 Å². The van der Waals surface area contributed by atoms with Crippen molar-refractivity contribution < 1.29 is 19.0 Å². The Balaban J connectivity index is 1.48. The van der Waals surface area contributed by atoms with Crippen LogP contribution in [0.1, 0.15) is 63.9 Å². The monoisotopic (exact) mass is 508 g/mol. The quantitative estimate of drug-likeness (QED) is 0.377. The number of carbonyl (C=O) groups is 1. The maximum atomic E-state index is 14.4. The third-order valence-corrected chi connectivity index (χ3v) is 6.73. The van der Waals surface area contributed by atoms with Gasteiger partial charge in [-0.05, 0) is 66.3 Å². The highest BCUT2D eigenvalue weighted by atomic mass is 35.5. The Bertz CT molecular complexity index is 1430. The summed E-state index contributed by atoms with van der Waals surface area (Å²) in [5, 5.41) is 15.5. The molecule has 3 heterocycles. The number of nitrogens with zero attached hydrogens (tertiary/aromatic N) is 3. The summed E-state index contributed by atoms with van der Waals surface area (Å²) in [6, 6.07) is 11.8. The lowest BCUT2D eigenvalue weighted by Crippen LogP contribution is -2.19. The van der Waals surface area contributed by atoms with Crippen molar-refractivity contribution in [2.75, 3.05) is 6.61 Å². The fraction of sp³-hybridized carbons (Fsp3) is 0.296. The van der Waals surface area contributed by atoms with Crippen LogP contribution in [0.5, 0.6) is 0 Å². The number of aliphatic hydroxyl groups is 1. The fourth-order valence-electron chi connectivity index (χ4n) is 4.64. The third kappa shape index (κ3) is 4.97. The number of carbonyl (C=O) groups excluding carboxylic acids is 1. The van der Waals surface area contributed by atoms with Crippen molar-refractivity contribution in [2.24, 2.45) is 5.73 Å². The molecule has 2 aromatic heterocycles. The minimum absolute atomic E-state index is 0.158. The highest BCUT2D eigenvalue weighted by Crippen LogP contribution is 2.31. The second-order valence-corrected chi connectivity index (χ2v) is 9.45. The van der Waals surface area contributed by atoms with E-state index >= 15 is 0 Å². The number of hydrogen-bond acceptors (Lipinski definition) is 5. The van der Waals surface area contributed by atoms with E-state index in [2.05, 4.69) is 4.98 Å². The summed E-state index contributed by atoms with van der Waals surface area (Å²) in [7, 11) is 0. The van der Waals surface area contributed by atoms with Crippen LogP contribution < -0.4 is 5.73 Å². The van der Waals surface area contributed by atoms with Crippen molar-refractivity contribution in [1.29, 1.82) is 0 Å². The number of halogens is 2. The molecule has 186 valence electrons. The van der Waals surface area contributed by atoms with Gasteiger partial charge in [0.2, 0.25) is 0 Å². The van der Waals surface area contributed by atoms with Gasteiger partial charge in [-0.15, -0.1) is 0 Å². The highest BCUT2D eigenvalue weighted by Gasteiger charge is 2.23. The maximum Gasteiger partial charge on any atom is 0.250 e. The number of amides is 1. The van der Waals surface area contributed by atoms with E-state index in [0.717, 1.165) is 35.9 Å². The molecule has 36 heavy (non-hydrogen) atoms. The molecule has 1 aliphatic rings. The molecule has 1 atom stereocenters. The van der Waals surface area contributed by atoms with Crippen molar-refractivity contribution in [3.8, 4) is 0 Å². The van der Waals surface area contributed by atoms with Crippen molar-refractivity contribution in [1.82, 2.24) is 14.8 Å². The highest BCUT2D eigenvalue weighted by molar-refractivity contribution is 6.31. The first-order valence-corrected chi connectivity index (χ1v) is 12.2. The van der Waals surface area contributed by atoms with Gasteiger partial charge in [-0.25, -0.2) is 9.07 Å². The van der Waals surface area contributed by atoms with Crippen molar-refractivity contribution in [3.05, 3.63) is 93.1 Å². The molecule has 1 saturated heterocycles. The molecule has 7 nitrogen and oxygen atoms in total. The molecule has 1 unspecified atom stereocenters. The summed E-state index contributed by atoms with van der Waals surface area (Å²) in [4.78, 5) is 16.9. The molecule has 9 heteroatoms. The number of hydrogen-bond donors (Lipinski definition) is 2. The van der Waals surface area contributed by atoms with E-state index in [1.54, 1.807) is 24.4 Å². The molecule has 0 aliphatic carbocycles. The molecule has 0 bridgehead atoms. The van der Waals surface area contributed by atoms with Crippen LogP contribution in [0.2, 0.25) is 5.02 Å². The van der Waals surface area contributed by atoms with E-state index < -0.39 is 11.7 Å². The number of primary amides is 1. The summed E-state index contributed by atoms with van der Waals surface area (Å²) in [6.07, 6.45) is 4.93. The predicted octanol–water partition coefficient (Wildman–Crippen LogP) is 4.70. The largest absolute Gasteiger partial charge is 0.392 e. The second-order valence-electron chi connectivity index (χ2n) is 9.01. The van der Waals surface area contributed by atoms with Crippen LogP contribution in [0.25, 0.3) is 10.9 Å². The molecule has 4 aromatic rings. The lowest BCUT2D eigenvalue weighted by Gasteiger charge is -2.23. The Hall–Kier alpha value is -3.33. The third-order valence-electron chi connectivity index (χ3n) is 6.50. The average Bonchev–Trinajstić information content (AvgIpc) is 3.23. The number of pyridine rings is 1. The fourth-order valence-corrected chi connectivity index (χ4v) is 4.81. The molecular weight excluding hydrogens is 483 g/mol. The summed E-state index contributed by atoms with van der Waals surface area (Å²) in [5.41, 5.74) is 9.66. The predicted molar refractivity (Wildman–Crippen MR) is 134 cm³/mol. The van der Waals surface area contributed by atoms with Gasteiger partial charge in [0, 0.05) is 36.1 Å². The number of ether oxygens (including phenoxy) is 1. The zero-order chi connectivity index (χ0) is 25.2. The van der Waals surface area contributed by atoms with Gasteiger partial charge in [0.15, 0.2) is 6.23 Å². The average molecular weight is 509 g/mol. The zero-order valence-corrected chi connectivity index (χ0v) is 20.3. The number of nitrogens with two attached hydrogens (primary N) is 1. The Labute approximate surface area is 212 Å². The smallest absolute Gasteiger partial charge is 0.250 e. The number of benzene rings is 2. The SMILES string of the molecule is NC(=O)c1cc(Cc2ccc(CO)cc2F)cnc1Cc1nn(C2CCCCO2)c2ccc(Cl)cc12.